The number of likely N-dealkylation sites (N-methyl/N-ethyl adjacent to an activating group) is 2. The van der Waals surface area contributed by atoms with Crippen LogP contribution in [-0.2, 0) is 49.2 Å². The normalized spacial score (nSPS) is 38.3. The predicted molar refractivity (Wildman–Crippen MR) is 294 cm³/mol. The molecule has 4 aliphatic rings. The summed E-state index contributed by atoms with van der Waals surface area (Å²) in [6.07, 6.45) is -5.61. The Bertz CT molecular complexity index is 2330. The van der Waals surface area contributed by atoms with E-state index in [0.29, 0.717) is 51.1 Å². The van der Waals surface area contributed by atoms with Crippen molar-refractivity contribution in [2.24, 2.45) is 17.8 Å². The summed E-state index contributed by atoms with van der Waals surface area (Å²) in [6.45, 7) is 17.8. The van der Waals surface area contributed by atoms with Gasteiger partial charge < -0.3 is 78.5 Å². The van der Waals surface area contributed by atoms with E-state index in [0.717, 1.165) is 16.7 Å². The number of amides is 1. The molecule has 454 valence electrons. The van der Waals surface area contributed by atoms with Gasteiger partial charge in [0.05, 0.1) is 47.2 Å². The number of aliphatic hydroxyl groups is 6. The highest BCUT2D eigenvalue weighted by Crippen LogP contribution is 2.41. The SMILES string of the molecule is CC[C@H]1OC(=O)[C@H](C)[C@@H](OC2C[C@@](C)(OC)[C@@H](O)[C@H](C)O2)[C@H](C)[C@@H](OC2O[C@H](C)C[C@H](N(C)CCc3cn([C@H](CF)[C@H](OC)c4ccc(C5=CCN(C(=O)CO)CC5)cc4)nn3)[C@H]2O)[C@](C)(O)C[C@@H](C)CN(C)[C@H](C)[C@@H](O)[C@]1(C)O. The summed E-state index contributed by atoms with van der Waals surface area (Å²) in [5.41, 5.74) is -1.23. The highest BCUT2D eigenvalue weighted by molar-refractivity contribution is 5.79. The lowest BCUT2D eigenvalue weighted by molar-refractivity contribution is -0.318. The Morgan fingerprint density at radius 3 is 2.27 bits per heavy atom. The molecule has 20 atom stereocenters. The number of carbonyl (C=O) groups excluding carboxylic acids is 2. The van der Waals surface area contributed by atoms with Crippen molar-refractivity contribution in [3.05, 3.63) is 53.4 Å². The average Bonchev–Trinajstić information content (AvgIpc) is 3.94. The van der Waals surface area contributed by atoms with Gasteiger partial charge in [0.15, 0.2) is 12.6 Å². The molecule has 5 heterocycles. The standard InChI is InChI=1S/C58H95FN6O15/c1-15-45-58(10,73)51(69)37(6)63(12)30-33(2)27-56(8,72)53(35(4)49(36(5)54(71)78-45)79-47-28-57(9,75-14)52(70)38(7)77-47)80-55-48(68)43(26-34(3)76-55)62(11)23-22-42-31-65(61-60-42)44(29-59)50(74-13)41-18-16-39(17-19-41)40-20-24-64(25-21-40)46(67)32-66/h16-20,31,33-38,43-45,47-53,55,66,68-70,72-73H,15,21-30,32H2,1-14H3/t33-,34-,35+,36-,37-,38+,43+,44-,45-,47?,48-,49+,50-,51-,52+,53-,55?,56-,57-,58-/m1/s1. The Kier molecular flexibility index (Phi) is 22.8. The van der Waals surface area contributed by atoms with Crippen molar-refractivity contribution < 1.29 is 77.8 Å². The van der Waals surface area contributed by atoms with Crippen molar-refractivity contribution in [2.45, 2.75) is 210 Å². The number of aliphatic hydroxyl groups excluding tert-OH is 4. The van der Waals surface area contributed by atoms with Gasteiger partial charge in [-0.25, -0.2) is 9.07 Å². The number of carbonyl (C=O) groups is 2. The third-order valence-corrected chi connectivity index (χ3v) is 17.8. The van der Waals surface area contributed by atoms with E-state index in [9.17, 15) is 40.2 Å². The van der Waals surface area contributed by atoms with Crippen molar-refractivity contribution in [3.63, 3.8) is 0 Å². The molecule has 80 heavy (non-hydrogen) atoms. The third-order valence-electron chi connectivity index (χ3n) is 17.8. The second-order valence-corrected chi connectivity index (χ2v) is 24.1. The number of hydrogen-bond donors (Lipinski definition) is 6. The maximum Gasteiger partial charge on any atom is 0.311 e. The monoisotopic (exact) mass is 1130 g/mol. The largest absolute Gasteiger partial charge is 0.459 e. The third kappa shape index (κ3) is 15.0. The van der Waals surface area contributed by atoms with E-state index in [1.807, 2.05) is 68.1 Å². The summed E-state index contributed by atoms with van der Waals surface area (Å²) in [6, 6.07) is 5.76. The first-order chi connectivity index (χ1) is 37.6. The molecule has 0 radical (unpaired) electrons. The number of rotatable bonds is 17. The van der Waals surface area contributed by atoms with Gasteiger partial charge in [-0.15, -0.1) is 5.10 Å². The number of ether oxygens (including phenoxy) is 7. The molecule has 2 aromatic rings. The molecule has 0 aliphatic carbocycles. The minimum Gasteiger partial charge on any atom is -0.459 e. The lowest BCUT2D eigenvalue weighted by Crippen LogP contribution is -2.61. The fourth-order valence-electron chi connectivity index (χ4n) is 12.7. The first-order valence-electron chi connectivity index (χ1n) is 28.6. The van der Waals surface area contributed by atoms with Crippen LogP contribution < -0.4 is 0 Å². The molecule has 6 rings (SSSR count). The Morgan fingerprint density at radius 1 is 0.988 bits per heavy atom. The van der Waals surface area contributed by atoms with Crippen LogP contribution in [0.15, 0.2) is 36.5 Å². The van der Waals surface area contributed by atoms with Gasteiger partial charge in [0.2, 0.25) is 5.91 Å². The summed E-state index contributed by atoms with van der Waals surface area (Å²) in [5.74, 6) is -3.23. The number of nitrogens with zero attached hydrogens (tertiary/aromatic N) is 6. The number of benzene rings is 1. The number of halogens is 1. The molecule has 2 unspecified atom stereocenters. The van der Waals surface area contributed by atoms with Gasteiger partial charge in [-0.1, -0.05) is 56.3 Å². The summed E-state index contributed by atoms with van der Waals surface area (Å²) in [4.78, 5) is 32.0. The van der Waals surface area contributed by atoms with Crippen molar-refractivity contribution in [1.82, 2.24) is 29.7 Å². The van der Waals surface area contributed by atoms with Crippen LogP contribution in [0.3, 0.4) is 0 Å². The topological polar surface area (TPSA) is 261 Å². The van der Waals surface area contributed by atoms with Gasteiger partial charge in [-0.3, -0.25) is 9.59 Å². The smallest absolute Gasteiger partial charge is 0.311 e. The fourth-order valence-corrected chi connectivity index (χ4v) is 12.7. The van der Waals surface area contributed by atoms with Crippen LogP contribution in [0, 0.1) is 17.8 Å². The maximum absolute atomic E-state index is 15.0. The molecule has 21 nitrogen and oxygen atoms in total. The van der Waals surface area contributed by atoms with Crippen molar-refractivity contribution in [3.8, 4) is 0 Å². The Labute approximate surface area is 472 Å². The van der Waals surface area contributed by atoms with Gasteiger partial charge >= 0.3 is 5.97 Å². The van der Waals surface area contributed by atoms with E-state index in [-0.39, 0.29) is 31.1 Å². The molecular weight excluding hydrogens is 1040 g/mol. The zero-order valence-electron chi connectivity index (χ0n) is 49.7. The summed E-state index contributed by atoms with van der Waals surface area (Å²) in [5, 5.41) is 78.0. The van der Waals surface area contributed by atoms with Crippen LogP contribution in [0.5, 0.6) is 0 Å². The lowest BCUT2D eigenvalue weighted by atomic mass is 9.77. The molecule has 1 aromatic heterocycles. The van der Waals surface area contributed by atoms with Crippen LogP contribution in [0.2, 0.25) is 0 Å². The van der Waals surface area contributed by atoms with E-state index >= 15 is 4.39 Å². The molecule has 6 N–H and O–H groups in total. The molecule has 3 saturated heterocycles. The minimum atomic E-state index is -1.86. The Hall–Kier alpha value is -3.59. The molecule has 0 saturated carbocycles. The highest BCUT2D eigenvalue weighted by atomic mass is 19.1. The first-order valence-corrected chi connectivity index (χ1v) is 28.6. The number of methoxy groups -OCH3 is 2. The van der Waals surface area contributed by atoms with Gasteiger partial charge in [0.25, 0.3) is 0 Å². The van der Waals surface area contributed by atoms with Crippen LogP contribution in [0.1, 0.15) is 130 Å². The summed E-state index contributed by atoms with van der Waals surface area (Å²) >= 11 is 0. The van der Waals surface area contributed by atoms with E-state index in [4.69, 9.17) is 33.2 Å². The molecule has 0 spiro atoms. The van der Waals surface area contributed by atoms with E-state index in [1.54, 1.807) is 59.6 Å². The van der Waals surface area contributed by atoms with E-state index in [2.05, 4.69) is 10.3 Å². The Balaban J connectivity index is 1.23. The average molecular weight is 1140 g/mol. The lowest BCUT2D eigenvalue weighted by Gasteiger charge is -2.49. The minimum absolute atomic E-state index is 0.0752. The molecule has 1 amide bonds. The molecule has 0 bridgehead atoms. The van der Waals surface area contributed by atoms with Gasteiger partial charge in [-0.05, 0) is 111 Å². The van der Waals surface area contributed by atoms with Crippen LogP contribution in [0.25, 0.3) is 5.57 Å². The predicted octanol–water partition coefficient (Wildman–Crippen LogP) is 3.61. The molecular formula is C58H95FN6O15. The van der Waals surface area contributed by atoms with Gasteiger partial charge in [-0.2, -0.15) is 0 Å². The van der Waals surface area contributed by atoms with Crippen LogP contribution in [0.4, 0.5) is 4.39 Å². The molecule has 4 aliphatic heterocycles. The van der Waals surface area contributed by atoms with Crippen molar-refractivity contribution in [1.29, 1.82) is 0 Å². The number of aromatic nitrogens is 3. The first kappa shape index (κ1) is 65.6. The number of cyclic esters (lactones) is 1. The van der Waals surface area contributed by atoms with Crippen molar-refractivity contribution in [2.75, 3.05) is 67.8 Å². The van der Waals surface area contributed by atoms with E-state index in [1.165, 1.54) is 25.8 Å². The highest BCUT2D eigenvalue weighted by Gasteiger charge is 2.53. The van der Waals surface area contributed by atoms with Crippen LogP contribution >= 0.6 is 0 Å². The number of hydrogen-bond acceptors (Lipinski definition) is 19. The molecule has 22 heteroatoms. The zero-order chi connectivity index (χ0) is 59.2. The zero-order valence-corrected chi connectivity index (χ0v) is 49.7. The van der Waals surface area contributed by atoms with Gasteiger partial charge in [0.1, 0.15) is 55.4 Å². The second-order valence-electron chi connectivity index (χ2n) is 24.1. The quantitative estimate of drug-likeness (QED) is 0.124. The second kappa shape index (κ2) is 27.9. The van der Waals surface area contributed by atoms with E-state index < -0.39 is 134 Å². The van der Waals surface area contributed by atoms with Gasteiger partial charge in [0, 0.05) is 77.4 Å². The number of alkyl halides is 1. The summed E-state index contributed by atoms with van der Waals surface area (Å²) in [7, 11) is 6.72. The molecule has 1 aromatic carbocycles. The van der Waals surface area contributed by atoms with Crippen molar-refractivity contribution >= 4 is 17.4 Å². The van der Waals surface area contributed by atoms with Crippen LogP contribution in [-0.4, -0.2) is 230 Å². The Morgan fingerprint density at radius 2 is 1.68 bits per heavy atom. The fraction of sp³-hybridized carbons (Fsp3) is 0.793. The maximum atomic E-state index is 15.0. The number of esters is 1. The molecule has 3 fully saturated rings. The summed E-state index contributed by atoms with van der Waals surface area (Å²) < 4.78 is 60.8.